The highest BCUT2D eigenvalue weighted by Crippen LogP contribution is 2.33. The van der Waals surface area contributed by atoms with Gasteiger partial charge < -0.3 is 24.1 Å². The SMILES string of the molecule is COc1cccc2c(C(=O)NC(Cc3ccccc3)C(=O)OC(C)(C)C)c(C)n(CCN3CCOCC3)c12. The maximum atomic E-state index is 13.9. The van der Waals surface area contributed by atoms with E-state index < -0.39 is 17.6 Å². The summed E-state index contributed by atoms with van der Waals surface area (Å²) in [5.41, 5.74) is 2.52. The summed E-state index contributed by atoms with van der Waals surface area (Å²) in [7, 11) is 1.64. The smallest absolute Gasteiger partial charge is 0.329 e. The van der Waals surface area contributed by atoms with E-state index in [9.17, 15) is 9.59 Å². The van der Waals surface area contributed by atoms with Gasteiger partial charge in [0.05, 0.1) is 31.4 Å². The van der Waals surface area contributed by atoms with Crippen LogP contribution < -0.4 is 10.1 Å². The van der Waals surface area contributed by atoms with Crippen LogP contribution in [0.15, 0.2) is 48.5 Å². The van der Waals surface area contributed by atoms with Crippen molar-refractivity contribution in [2.24, 2.45) is 0 Å². The Labute approximate surface area is 224 Å². The van der Waals surface area contributed by atoms with Crippen molar-refractivity contribution in [2.75, 3.05) is 40.0 Å². The van der Waals surface area contributed by atoms with E-state index in [-0.39, 0.29) is 5.91 Å². The van der Waals surface area contributed by atoms with Crippen LogP contribution in [0.25, 0.3) is 10.9 Å². The molecule has 1 saturated heterocycles. The van der Waals surface area contributed by atoms with Crippen LogP contribution in [-0.4, -0.2) is 72.9 Å². The molecule has 0 aliphatic carbocycles. The van der Waals surface area contributed by atoms with Crippen LogP contribution in [0.2, 0.25) is 0 Å². The fraction of sp³-hybridized carbons (Fsp3) is 0.467. The molecule has 4 rings (SSSR count). The first kappa shape index (κ1) is 27.7. The summed E-state index contributed by atoms with van der Waals surface area (Å²) < 4.78 is 19.0. The average molecular weight is 522 g/mol. The minimum Gasteiger partial charge on any atom is -0.495 e. The van der Waals surface area contributed by atoms with E-state index in [1.165, 1.54) is 0 Å². The second-order valence-electron chi connectivity index (χ2n) is 10.7. The lowest BCUT2D eigenvalue weighted by Gasteiger charge is -2.27. The van der Waals surface area contributed by atoms with Gasteiger partial charge in [0.2, 0.25) is 0 Å². The number of nitrogens with zero attached hydrogens (tertiary/aromatic N) is 2. The quantitative estimate of drug-likeness (QED) is 0.429. The molecule has 8 heteroatoms. The minimum absolute atomic E-state index is 0.308. The van der Waals surface area contributed by atoms with Crippen molar-refractivity contribution in [3.8, 4) is 5.75 Å². The molecular formula is C30H39N3O5. The summed E-state index contributed by atoms with van der Waals surface area (Å²) in [6.45, 7) is 12.2. The Kier molecular flexibility index (Phi) is 8.74. The lowest BCUT2D eigenvalue weighted by atomic mass is 10.0. The highest BCUT2D eigenvalue weighted by molar-refractivity contribution is 6.10. The van der Waals surface area contributed by atoms with E-state index in [1.54, 1.807) is 7.11 Å². The number of amides is 1. The Hall–Kier alpha value is -3.36. The summed E-state index contributed by atoms with van der Waals surface area (Å²) >= 11 is 0. The molecule has 8 nitrogen and oxygen atoms in total. The van der Waals surface area contributed by atoms with Gasteiger partial charge in [-0.3, -0.25) is 9.69 Å². The highest BCUT2D eigenvalue weighted by atomic mass is 16.6. The normalized spacial score (nSPS) is 15.3. The van der Waals surface area contributed by atoms with Crippen LogP contribution in [0.4, 0.5) is 0 Å². The molecule has 2 aromatic carbocycles. The first-order chi connectivity index (χ1) is 18.2. The molecule has 1 aliphatic rings. The summed E-state index contributed by atoms with van der Waals surface area (Å²) in [5.74, 6) is -0.0572. The number of rotatable bonds is 9. The van der Waals surface area contributed by atoms with Crippen LogP contribution in [-0.2, 0) is 27.2 Å². The summed E-state index contributed by atoms with van der Waals surface area (Å²) in [6.07, 6.45) is 0.333. The maximum absolute atomic E-state index is 13.9. The van der Waals surface area contributed by atoms with Crippen molar-refractivity contribution in [1.82, 2.24) is 14.8 Å². The second-order valence-corrected chi connectivity index (χ2v) is 10.7. The van der Waals surface area contributed by atoms with Gasteiger partial charge in [-0.2, -0.15) is 0 Å². The van der Waals surface area contributed by atoms with Gasteiger partial charge in [-0.1, -0.05) is 42.5 Å². The largest absolute Gasteiger partial charge is 0.495 e. The Morgan fingerprint density at radius 3 is 2.39 bits per heavy atom. The monoisotopic (exact) mass is 521 g/mol. The van der Waals surface area contributed by atoms with E-state index in [2.05, 4.69) is 14.8 Å². The number of carbonyl (C=O) groups is 2. The van der Waals surface area contributed by atoms with Gasteiger partial charge in [0.1, 0.15) is 17.4 Å². The maximum Gasteiger partial charge on any atom is 0.329 e. The Morgan fingerprint density at radius 2 is 1.74 bits per heavy atom. The molecule has 1 aliphatic heterocycles. The highest BCUT2D eigenvalue weighted by Gasteiger charge is 2.30. The standard InChI is InChI=1S/C30H39N3O5/c1-21-26(28(34)31-24(29(35)38-30(2,3)4)20-22-10-7-6-8-11-22)23-12-9-13-25(36-5)27(23)33(21)15-14-32-16-18-37-19-17-32/h6-13,24H,14-20H2,1-5H3,(H,31,34). The molecule has 3 aromatic rings. The summed E-state index contributed by atoms with van der Waals surface area (Å²) in [4.78, 5) is 29.4. The van der Waals surface area contributed by atoms with E-state index in [4.69, 9.17) is 14.2 Å². The molecule has 1 aromatic heterocycles. The van der Waals surface area contributed by atoms with Crippen molar-refractivity contribution in [1.29, 1.82) is 0 Å². The zero-order valence-electron chi connectivity index (χ0n) is 23.1. The molecule has 1 N–H and O–H groups in total. The van der Waals surface area contributed by atoms with E-state index >= 15 is 0 Å². The predicted molar refractivity (Wildman–Crippen MR) is 148 cm³/mol. The number of hydrogen-bond acceptors (Lipinski definition) is 6. The fourth-order valence-electron chi connectivity index (χ4n) is 4.94. The first-order valence-corrected chi connectivity index (χ1v) is 13.2. The number of nitrogens with one attached hydrogen (secondary N) is 1. The number of esters is 1. The van der Waals surface area contributed by atoms with Crippen molar-refractivity contribution in [2.45, 2.75) is 52.3 Å². The Balaban J connectivity index is 1.66. The van der Waals surface area contributed by atoms with Crippen LogP contribution in [0.3, 0.4) is 0 Å². The van der Waals surface area contributed by atoms with Gasteiger partial charge in [0, 0.05) is 43.7 Å². The molecule has 1 atom stereocenters. The number of benzene rings is 2. The van der Waals surface area contributed by atoms with Crippen LogP contribution in [0.5, 0.6) is 5.75 Å². The van der Waals surface area contributed by atoms with Gasteiger partial charge in [0.25, 0.3) is 5.91 Å². The molecule has 0 saturated carbocycles. The number of morpholine rings is 1. The summed E-state index contributed by atoms with van der Waals surface area (Å²) in [5, 5.41) is 3.79. The topological polar surface area (TPSA) is 82.0 Å². The molecule has 204 valence electrons. The number of hydrogen-bond donors (Lipinski definition) is 1. The Bertz CT molecular complexity index is 1260. The molecular weight excluding hydrogens is 482 g/mol. The van der Waals surface area contributed by atoms with Crippen molar-refractivity contribution >= 4 is 22.8 Å². The lowest BCUT2D eigenvalue weighted by molar-refractivity contribution is -0.157. The molecule has 38 heavy (non-hydrogen) atoms. The molecule has 1 amide bonds. The fourth-order valence-corrected chi connectivity index (χ4v) is 4.94. The zero-order valence-corrected chi connectivity index (χ0v) is 23.1. The predicted octanol–water partition coefficient (Wildman–Crippen LogP) is 3.97. The van der Waals surface area contributed by atoms with E-state index in [0.717, 1.165) is 55.0 Å². The molecule has 0 bridgehead atoms. The van der Waals surface area contributed by atoms with Crippen LogP contribution >= 0.6 is 0 Å². The van der Waals surface area contributed by atoms with Gasteiger partial charge in [-0.15, -0.1) is 0 Å². The second kappa shape index (κ2) is 12.0. The molecule has 1 unspecified atom stereocenters. The number of carbonyl (C=O) groups excluding carboxylic acids is 2. The molecule has 0 radical (unpaired) electrons. The van der Waals surface area contributed by atoms with Crippen molar-refractivity contribution in [3.63, 3.8) is 0 Å². The third kappa shape index (κ3) is 6.55. The number of fused-ring (bicyclic) bond motifs is 1. The van der Waals surface area contributed by atoms with Gasteiger partial charge in [-0.05, 0) is 39.3 Å². The third-order valence-electron chi connectivity index (χ3n) is 6.77. The number of methoxy groups -OCH3 is 1. The van der Waals surface area contributed by atoms with Crippen LogP contribution in [0, 0.1) is 6.92 Å². The number of para-hydroxylation sites is 1. The molecule has 0 spiro atoms. The van der Waals surface area contributed by atoms with Crippen molar-refractivity contribution < 1.29 is 23.8 Å². The first-order valence-electron chi connectivity index (χ1n) is 13.2. The third-order valence-corrected chi connectivity index (χ3v) is 6.77. The van der Waals surface area contributed by atoms with Gasteiger partial charge in [0.15, 0.2) is 0 Å². The molecule has 1 fully saturated rings. The van der Waals surface area contributed by atoms with Crippen LogP contribution in [0.1, 0.15) is 42.4 Å². The average Bonchev–Trinajstić information content (AvgIpc) is 3.18. The summed E-state index contributed by atoms with van der Waals surface area (Å²) in [6, 6.07) is 14.5. The minimum atomic E-state index is -0.833. The lowest BCUT2D eigenvalue weighted by Crippen LogP contribution is -2.45. The zero-order chi connectivity index (χ0) is 27.3. The van der Waals surface area contributed by atoms with Gasteiger partial charge >= 0.3 is 5.97 Å². The number of aromatic nitrogens is 1. The Morgan fingerprint density at radius 1 is 1.03 bits per heavy atom. The van der Waals surface area contributed by atoms with Crippen molar-refractivity contribution in [3.05, 3.63) is 65.4 Å². The molecule has 2 heterocycles. The van der Waals surface area contributed by atoms with Gasteiger partial charge in [-0.25, -0.2) is 4.79 Å². The van der Waals surface area contributed by atoms with E-state index in [0.29, 0.717) is 24.3 Å². The van der Waals surface area contributed by atoms with E-state index in [1.807, 2.05) is 76.2 Å². The number of ether oxygens (including phenoxy) is 3.